The summed E-state index contributed by atoms with van der Waals surface area (Å²) in [7, 11) is -0.612. The van der Waals surface area contributed by atoms with Crippen LogP contribution in [0.3, 0.4) is 0 Å². The van der Waals surface area contributed by atoms with Gasteiger partial charge in [-0.05, 0) is 48.2 Å². The standard InChI is InChI=1S/C28H30ClN3O2S/c1-30(2)35(33,34)32-20-26(29)25-17-24(13-14-27(25)32)28(18-22-9-5-3-6-10-22)15-16-31(21-28)19-23-11-7-4-8-12-23/h3-14,17,20H,15-16,18-19,21H2,1-2H3. The summed E-state index contributed by atoms with van der Waals surface area (Å²) in [6.07, 6.45) is 3.44. The maximum absolute atomic E-state index is 12.8. The Bertz CT molecular complexity index is 1440. The van der Waals surface area contributed by atoms with Gasteiger partial charge >= 0.3 is 10.2 Å². The zero-order valence-electron chi connectivity index (χ0n) is 20.1. The first-order valence-electron chi connectivity index (χ1n) is 11.8. The molecular formula is C28H30ClN3O2S. The van der Waals surface area contributed by atoms with Crippen LogP contribution in [-0.4, -0.2) is 48.8 Å². The molecule has 0 amide bonds. The van der Waals surface area contributed by atoms with Crippen LogP contribution in [-0.2, 0) is 28.6 Å². The highest BCUT2D eigenvalue weighted by Crippen LogP contribution is 2.41. The van der Waals surface area contributed by atoms with E-state index in [1.807, 2.05) is 12.1 Å². The average Bonchev–Trinajstić information content (AvgIpc) is 3.42. The van der Waals surface area contributed by atoms with Gasteiger partial charge in [-0.25, -0.2) is 3.97 Å². The molecule has 7 heteroatoms. The minimum atomic E-state index is -3.66. The molecule has 0 radical (unpaired) electrons. The van der Waals surface area contributed by atoms with Crippen LogP contribution in [0.4, 0.5) is 0 Å². The van der Waals surface area contributed by atoms with E-state index in [4.69, 9.17) is 11.6 Å². The average molecular weight is 508 g/mol. The van der Waals surface area contributed by atoms with Crippen LogP contribution in [0.2, 0.25) is 5.02 Å². The van der Waals surface area contributed by atoms with E-state index in [0.717, 1.165) is 37.9 Å². The second kappa shape index (κ2) is 9.43. The molecule has 1 aromatic heterocycles. The van der Waals surface area contributed by atoms with Crippen molar-refractivity contribution < 1.29 is 8.42 Å². The van der Waals surface area contributed by atoms with Crippen LogP contribution < -0.4 is 0 Å². The molecule has 2 heterocycles. The van der Waals surface area contributed by atoms with Crippen molar-refractivity contribution in [3.8, 4) is 0 Å². The quantitative estimate of drug-likeness (QED) is 0.339. The summed E-state index contributed by atoms with van der Waals surface area (Å²) in [5.41, 5.74) is 4.32. The third kappa shape index (κ3) is 4.64. The number of aromatic nitrogens is 1. The summed E-state index contributed by atoms with van der Waals surface area (Å²) in [4.78, 5) is 2.52. The molecule has 35 heavy (non-hydrogen) atoms. The molecular weight excluding hydrogens is 478 g/mol. The fourth-order valence-corrected chi connectivity index (χ4v) is 6.57. The van der Waals surface area contributed by atoms with Crippen LogP contribution in [0.15, 0.2) is 85.1 Å². The molecule has 1 unspecified atom stereocenters. The van der Waals surface area contributed by atoms with Gasteiger partial charge in [0.1, 0.15) is 0 Å². The maximum Gasteiger partial charge on any atom is 0.307 e. The van der Waals surface area contributed by atoms with Gasteiger partial charge in [0, 0.05) is 44.2 Å². The Morgan fingerprint density at radius 2 is 1.60 bits per heavy atom. The van der Waals surface area contributed by atoms with Crippen molar-refractivity contribution in [3.63, 3.8) is 0 Å². The van der Waals surface area contributed by atoms with Crippen LogP contribution in [0.1, 0.15) is 23.1 Å². The van der Waals surface area contributed by atoms with E-state index in [0.29, 0.717) is 10.5 Å². The van der Waals surface area contributed by atoms with Crippen LogP contribution >= 0.6 is 11.6 Å². The van der Waals surface area contributed by atoms with Crippen molar-refractivity contribution >= 4 is 32.7 Å². The molecule has 1 fully saturated rings. The minimum Gasteiger partial charge on any atom is -0.298 e. The monoisotopic (exact) mass is 507 g/mol. The van der Waals surface area contributed by atoms with Crippen LogP contribution in [0.25, 0.3) is 10.9 Å². The van der Waals surface area contributed by atoms with E-state index in [9.17, 15) is 8.42 Å². The lowest BCUT2D eigenvalue weighted by molar-refractivity contribution is 0.301. The highest BCUT2D eigenvalue weighted by atomic mass is 35.5. The summed E-state index contributed by atoms with van der Waals surface area (Å²) >= 11 is 6.59. The van der Waals surface area contributed by atoms with Gasteiger partial charge < -0.3 is 0 Å². The van der Waals surface area contributed by atoms with E-state index in [2.05, 4.69) is 71.6 Å². The molecule has 3 aromatic carbocycles. The summed E-state index contributed by atoms with van der Waals surface area (Å²) in [6, 6.07) is 27.3. The first-order valence-corrected chi connectivity index (χ1v) is 13.6. The Kier molecular flexibility index (Phi) is 6.49. The van der Waals surface area contributed by atoms with Gasteiger partial charge in [0.15, 0.2) is 0 Å². The van der Waals surface area contributed by atoms with Crippen molar-refractivity contribution in [3.05, 3.63) is 107 Å². The highest BCUT2D eigenvalue weighted by Gasteiger charge is 2.40. The second-order valence-corrected chi connectivity index (χ2v) is 12.1. The molecule has 4 aromatic rings. The first kappa shape index (κ1) is 24.1. The number of hydrogen-bond acceptors (Lipinski definition) is 3. The van der Waals surface area contributed by atoms with Gasteiger partial charge in [0.2, 0.25) is 0 Å². The lowest BCUT2D eigenvalue weighted by atomic mass is 9.74. The molecule has 0 N–H and O–H groups in total. The van der Waals surface area contributed by atoms with Crippen molar-refractivity contribution in [1.82, 2.24) is 13.2 Å². The number of halogens is 1. The largest absolute Gasteiger partial charge is 0.307 e. The van der Waals surface area contributed by atoms with Gasteiger partial charge in [-0.2, -0.15) is 12.7 Å². The molecule has 182 valence electrons. The number of likely N-dealkylation sites (tertiary alicyclic amines) is 1. The van der Waals surface area contributed by atoms with Gasteiger partial charge in [-0.15, -0.1) is 0 Å². The predicted octanol–water partition coefficient (Wildman–Crippen LogP) is 5.34. The van der Waals surface area contributed by atoms with E-state index < -0.39 is 10.2 Å². The smallest absolute Gasteiger partial charge is 0.298 e. The Balaban J connectivity index is 1.55. The molecule has 1 atom stereocenters. The van der Waals surface area contributed by atoms with E-state index in [-0.39, 0.29) is 5.41 Å². The molecule has 0 saturated carbocycles. The Morgan fingerprint density at radius 3 is 2.26 bits per heavy atom. The van der Waals surface area contributed by atoms with Gasteiger partial charge in [0.25, 0.3) is 0 Å². The van der Waals surface area contributed by atoms with Crippen molar-refractivity contribution in [1.29, 1.82) is 0 Å². The van der Waals surface area contributed by atoms with E-state index >= 15 is 0 Å². The van der Waals surface area contributed by atoms with E-state index in [1.165, 1.54) is 45.3 Å². The van der Waals surface area contributed by atoms with Crippen molar-refractivity contribution in [2.45, 2.75) is 24.8 Å². The number of nitrogens with zero attached hydrogens (tertiary/aromatic N) is 3. The van der Waals surface area contributed by atoms with Gasteiger partial charge in [-0.1, -0.05) is 78.3 Å². The fourth-order valence-electron chi connectivity index (χ4n) is 5.26. The summed E-state index contributed by atoms with van der Waals surface area (Å²) in [5, 5.41) is 1.21. The topological polar surface area (TPSA) is 45.6 Å². The maximum atomic E-state index is 12.8. The molecule has 0 spiro atoms. The van der Waals surface area contributed by atoms with Crippen LogP contribution in [0, 0.1) is 0 Å². The number of benzene rings is 3. The molecule has 0 bridgehead atoms. The summed E-state index contributed by atoms with van der Waals surface area (Å²) < 4.78 is 28.2. The Labute approximate surface area is 212 Å². The van der Waals surface area contributed by atoms with Gasteiger partial charge in [-0.3, -0.25) is 4.90 Å². The van der Waals surface area contributed by atoms with Crippen molar-refractivity contribution in [2.75, 3.05) is 27.2 Å². The molecule has 5 nitrogen and oxygen atoms in total. The third-order valence-electron chi connectivity index (χ3n) is 7.11. The zero-order chi connectivity index (χ0) is 24.6. The van der Waals surface area contributed by atoms with Crippen LogP contribution in [0.5, 0.6) is 0 Å². The number of fused-ring (bicyclic) bond motifs is 1. The lowest BCUT2D eigenvalue weighted by Crippen LogP contribution is -2.33. The molecule has 1 aliphatic heterocycles. The number of hydrogen-bond donors (Lipinski definition) is 0. The zero-order valence-corrected chi connectivity index (χ0v) is 21.6. The third-order valence-corrected chi connectivity index (χ3v) is 9.13. The molecule has 1 saturated heterocycles. The highest BCUT2D eigenvalue weighted by molar-refractivity contribution is 7.87. The Morgan fingerprint density at radius 1 is 0.943 bits per heavy atom. The fraction of sp³-hybridized carbons (Fsp3) is 0.286. The minimum absolute atomic E-state index is 0.0871. The van der Waals surface area contributed by atoms with Crippen molar-refractivity contribution in [2.24, 2.45) is 0 Å². The molecule has 0 aliphatic carbocycles. The number of rotatable bonds is 7. The first-order chi connectivity index (χ1) is 16.8. The summed E-state index contributed by atoms with van der Waals surface area (Å²) in [5.74, 6) is 0. The summed E-state index contributed by atoms with van der Waals surface area (Å²) in [6.45, 7) is 2.85. The van der Waals surface area contributed by atoms with Gasteiger partial charge in [0.05, 0.1) is 10.5 Å². The second-order valence-electron chi connectivity index (χ2n) is 9.68. The van der Waals surface area contributed by atoms with E-state index in [1.54, 1.807) is 0 Å². The Hall–Kier alpha value is -2.64. The lowest BCUT2D eigenvalue weighted by Gasteiger charge is -2.31. The normalized spacial score (nSPS) is 19.1. The predicted molar refractivity (Wildman–Crippen MR) is 143 cm³/mol. The molecule has 5 rings (SSSR count). The molecule has 1 aliphatic rings. The SMILES string of the molecule is CN(C)S(=O)(=O)n1cc(Cl)c2cc(C3(Cc4ccccc4)CCN(Cc4ccccc4)C3)ccc21.